The summed E-state index contributed by atoms with van der Waals surface area (Å²) in [5.41, 5.74) is 0. The number of hydrogen-bond donors (Lipinski definition) is 1. The smallest absolute Gasteiger partial charge is 0.357 e. The number of rotatable bonds is 2. The van der Waals surface area contributed by atoms with E-state index in [-0.39, 0.29) is 5.76 Å². The Kier molecular flexibility index (Phi) is 2.62. The van der Waals surface area contributed by atoms with E-state index >= 15 is 0 Å². The van der Waals surface area contributed by atoms with Gasteiger partial charge in [0, 0.05) is 0 Å². The van der Waals surface area contributed by atoms with Crippen molar-refractivity contribution in [1.29, 1.82) is 0 Å². The molecule has 4 heteroatoms. The number of allylic oxidation sites excluding steroid dienone is 1. The molecule has 0 fully saturated rings. The van der Waals surface area contributed by atoms with Gasteiger partial charge in [-0.25, -0.2) is 0 Å². The van der Waals surface area contributed by atoms with E-state index in [4.69, 9.17) is 4.55 Å². The quantitative estimate of drug-likeness (QED) is 0.432. The van der Waals surface area contributed by atoms with Gasteiger partial charge in [0.15, 0.2) is 0 Å². The summed E-state index contributed by atoms with van der Waals surface area (Å²) in [5, 5.41) is 0. The molecule has 0 spiro atoms. The van der Waals surface area contributed by atoms with E-state index < -0.39 is 11.4 Å². The lowest BCUT2D eigenvalue weighted by Crippen LogP contribution is -1.89. The Balaban J connectivity index is 3.32. The van der Waals surface area contributed by atoms with Crippen molar-refractivity contribution < 1.29 is 12.9 Å². The fraction of sp³-hybridized carbons (Fsp3) is 0.333. The van der Waals surface area contributed by atoms with Crippen LogP contribution in [0.25, 0.3) is 0 Å². The first kappa shape index (κ1) is 6.65. The fourth-order valence-electron chi connectivity index (χ4n) is 0.122. The van der Waals surface area contributed by atoms with Gasteiger partial charge in [-0.15, -0.1) is 0 Å². The molecular formula is C3H6O3S. The van der Waals surface area contributed by atoms with Gasteiger partial charge in [-0.1, -0.05) is 6.58 Å². The lowest BCUT2D eigenvalue weighted by Gasteiger charge is -1.92. The Morgan fingerprint density at radius 1 is 2.00 bits per heavy atom. The van der Waals surface area contributed by atoms with Crippen LogP contribution in [0.2, 0.25) is 0 Å². The van der Waals surface area contributed by atoms with Crippen molar-refractivity contribution >= 4 is 11.4 Å². The van der Waals surface area contributed by atoms with Gasteiger partial charge in [0.1, 0.15) is 5.76 Å². The molecule has 1 atom stereocenters. The standard InChI is InChI=1S/C3H6O3S/c1-3(2)6-7(4)5/h1H2,2H3,(H,4,5). The molecule has 0 aliphatic carbocycles. The summed E-state index contributed by atoms with van der Waals surface area (Å²) in [6, 6.07) is 0. The van der Waals surface area contributed by atoms with Crippen LogP contribution in [-0.4, -0.2) is 8.76 Å². The van der Waals surface area contributed by atoms with Crippen LogP contribution in [0.3, 0.4) is 0 Å². The Bertz CT molecular complexity index is 86.4. The average Bonchev–Trinajstić information content (AvgIpc) is 1.27. The Hall–Kier alpha value is -0.350. The van der Waals surface area contributed by atoms with Crippen molar-refractivity contribution in [3.8, 4) is 0 Å². The highest BCUT2D eigenvalue weighted by molar-refractivity contribution is 7.74. The molecule has 1 N–H and O–H groups in total. The second-order valence-corrected chi connectivity index (χ2v) is 1.60. The Morgan fingerprint density at radius 3 is 2.43 bits per heavy atom. The van der Waals surface area contributed by atoms with Crippen molar-refractivity contribution in [2.45, 2.75) is 6.92 Å². The van der Waals surface area contributed by atoms with Crippen LogP contribution in [0.5, 0.6) is 0 Å². The van der Waals surface area contributed by atoms with Crippen molar-refractivity contribution in [1.82, 2.24) is 0 Å². The molecule has 0 aliphatic heterocycles. The van der Waals surface area contributed by atoms with Crippen molar-refractivity contribution in [2.75, 3.05) is 0 Å². The third-order valence-electron chi connectivity index (χ3n) is 0.214. The first-order chi connectivity index (χ1) is 3.13. The molecule has 0 aromatic carbocycles. The topological polar surface area (TPSA) is 46.5 Å². The molecule has 0 saturated heterocycles. The van der Waals surface area contributed by atoms with Gasteiger partial charge < -0.3 is 4.18 Å². The van der Waals surface area contributed by atoms with Crippen molar-refractivity contribution in [3.05, 3.63) is 12.3 Å². The zero-order valence-electron chi connectivity index (χ0n) is 3.88. The summed E-state index contributed by atoms with van der Waals surface area (Å²) in [5.74, 6) is 0.237. The van der Waals surface area contributed by atoms with Crippen LogP contribution in [0, 0.1) is 0 Å². The maximum Gasteiger partial charge on any atom is 0.357 e. The highest BCUT2D eigenvalue weighted by Crippen LogP contribution is 1.90. The number of hydrogen-bond acceptors (Lipinski definition) is 2. The van der Waals surface area contributed by atoms with Gasteiger partial charge in [-0.3, -0.25) is 4.55 Å². The summed E-state index contributed by atoms with van der Waals surface area (Å²) in [7, 11) is 0. The third-order valence-corrected chi connectivity index (χ3v) is 0.641. The average molecular weight is 122 g/mol. The fourth-order valence-corrected chi connectivity index (χ4v) is 0.365. The molecular weight excluding hydrogens is 116 g/mol. The molecule has 0 saturated carbocycles. The Morgan fingerprint density at radius 2 is 2.43 bits per heavy atom. The summed E-state index contributed by atoms with van der Waals surface area (Å²) in [6.45, 7) is 4.71. The summed E-state index contributed by atoms with van der Waals surface area (Å²) in [4.78, 5) is 0. The first-order valence-corrected chi connectivity index (χ1v) is 2.61. The van der Waals surface area contributed by atoms with E-state index in [1.165, 1.54) is 6.92 Å². The SMILES string of the molecule is C=C(C)OS(=O)O. The molecule has 0 aliphatic rings. The molecule has 0 radical (unpaired) electrons. The van der Waals surface area contributed by atoms with Gasteiger partial charge in [-0.2, -0.15) is 4.21 Å². The van der Waals surface area contributed by atoms with Gasteiger partial charge in [-0.05, 0) is 6.92 Å². The largest absolute Gasteiger partial charge is 0.386 e. The highest BCUT2D eigenvalue weighted by atomic mass is 32.2. The summed E-state index contributed by atoms with van der Waals surface area (Å²) >= 11 is -2.20. The van der Waals surface area contributed by atoms with E-state index in [1.807, 2.05) is 0 Å². The van der Waals surface area contributed by atoms with E-state index in [2.05, 4.69) is 10.8 Å². The normalized spacial score (nSPS) is 12.9. The molecule has 0 heterocycles. The lowest BCUT2D eigenvalue weighted by molar-refractivity contribution is 0.390. The first-order valence-electron chi connectivity index (χ1n) is 1.57. The molecule has 0 rings (SSSR count). The van der Waals surface area contributed by atoms with Crippen molar-refractivity contribution in [3.63, 3.8) is 0 Å². The lowest BCUT2D eigenvalue weighted by atomic mass is 10.7. The van der Waals surface area contributed by atoms with Crippen LogP contribution < -0.4 is 0 Å². The molecule has 3 nitrogen and oxygen atoms in total. The van der Waals surface area contributed by atoms with E-state index in [0.29, 0.717) is 0 Å². The molecule has 1 unspecified atom stereocenters. The van der Waals surface area contributed by atoms with Crippen LogP contribution in [0.15, 0.2) is 12.3 Å². The second kappa shape index (κ2) is 2.76. The van der Waals surface area contributed by atoms with Crippen molar-refractivity contribution in [2.24, 2.45) is 0 Å². The molecule has 0 aromatic rings. The minimum Gasteiger partial charge on any atom is -0.386 e. The van der Waals surface area contributed by atoms with Gasteiger partial charge in [0.2, 0.25) is 0 Å². The van der Waals surface area contributed by atoms with Crippen LogP contribution in [0.4, 0.5) is 0 Å². The van der Waals surface area contributed by atoms with Gasteiger partial charge in [0.05, 0.1) is 0 Å². The monoisotopic (exact) mass is 122 g/mol. The van der Waals surface area contributed by atoms with E-state index in [0.717, 1.165) is 0 Å². The molecule has 42 valence electrons. The maximum absolute atomic E-state index is 9.64. The van der Waals surface area contributed by atoms with Crippen LogP contribution in [-0.2, 0) is 15.5 Å². The molecule has 0 aromatic heterocycles. The molecule has 7 heavy (non-hydrogen) atoms. The molecule has 0 amide bonds. The summed E-state index contributed by atoms with van der Waals surface area (Å²) < 4.78 is 21.6. The Labute approximate surface area is 44.5 Å². The van der Waals surface area contributed by atoms with E-state index in [1.54, 1.807) is 0 Å². The van der Waals surface area contributed by atoms with Crippen LogP contribution in [0.1, 0.15) is 6.92 Å². The summed E-state index contributed by atoms with van der Waals surface area (Å²) in [6.07, 6.45) is 0. The van der Waals surface area contributed by atoms with Gasteiger partial charge >= 0.3 is 11.4 Å². The van der Waals surface area contributed by atoms with Gasteiger partial charge in [0.25, 0.3) is 0 Å². The zero-order valence-corrected chi connectivity index (χ0v) is 4.70. The predicted molar refractivity (Wildman–Crippen MR) is 26.7 cm³/mol. The molecule has 0 bridgehead atoms. The highest BCUT2D eigenvalue weighted by Gasteiger charge is 1.88. The second-order valence-electron chi connectivity index (χ2n) is 1.00. The van der Waals surface area contributed by atoms with Crippen LogP contribution >= 0.6 is 0 Å². The zero-order chi connectivity index (χ0) is 5.86. The predicted octanol–water partition coefficient (Wildman–Crippen LogP) is 0.673. The minimum absolute atomic E-state index is 0.237. The maximum atomic E-state index is 9.64. The third kappa shape index (κ3) is 5.65. The minimum atomic E-state index is -2.20. The van der Waals surface area contributed by atoms with E-state index in [9.17, 15) is 4.21 Å².